The van der Waals surface area contributed by atoms with Crippen LogP contribution in [0.3, 0.4) is 0 Å². The molecule has 0 aliphatic heterocycles. The number of fused-ring (bicyclic) bond motifs is 7. The third kappa shape index (κ3) is 4.84. The number of anilines is 3. The molecule has 0 amide bonds. The van der Waals surface area contributed by atoms with E-state index in [4.69, 9.17) is 0 Å². The lowest BCUT2D eigenvalue weighted by Crippen LogP contribution is -2.10. The molecule has 0 unspecified atom stereocenters. The van der Waals surface area contributed by atoms with Gasteiger partial charge in [0, 0.05) is 37.2 Å². The van der Waals surface area contributed by atoms with Gasteiger partial charge < -0.3 is 4.90 Å². The summed E-state index contributed by atoms with van der Waals surface area (Å²) in [5, 5.41) is 10.1. The first kappa shape index (κ1) is 28.8. The van der Waals surface area contributed by atoms with Crippen molar-refractivity contribution in [3.05, 3.63) is 188 Å². The molecule has 0 aliphatic rings. The van der Waals surface area contributed by atoms with E-state index < -0.39 is 0 Å². The van der Waals surface area contributed by atoms with Crippen molar-refractivity contribution in [3.8, 4) is 22.3 Å². The molecule has 0 aliphatic carbocycles. The third-order valence-corrected chi connectivity index (χ3v) is 11.1. The molecule has 234 valence electrons. The second kappa shape index (κ2) is 11.7. The average Bonchev–Trinajstić information content (AvgIpc) is 3.57. The van der Waals surface area contributed by atoms with Crippen molar-refractivity contribution in [2.24, 2.45) is 0 Å². The van der Waals surface area contributed by atoms with Gasteiger partial charge in [0.1, 0.15) is 0 Å². The smallest absolute Gasteiger partial charge is 0.0482 e. The molecule has 0 spiro atoms. The highest BCUT2D eigenvalue weighted by molar-refractivity contribution is 7.26. The summed E-state index contributed by atoms with van der Waals surface area (Å²) >= 11 is 1.87. The summed E-state index contributed by atoms with van der Waals surface area (Å²) in [7, 11) is 0. The summed E-state index contributed by atoms with van der Waals surface area (Å²) in [4.78, 5) is 2.43. The number of hydrogen-bond acceptors (Lipinski definition) is 2. The molecule has 10 rings (SSSR count). The Morgan fingerprint density at radius 1 is 0.320 bits per heavy atom. The van der Waals surface area contributed by atoms with E-state index in [2.05, 4.69) is 193 Å². The van der Waals surface area contributed by atoms with E-state index in [1.165, 1.54) is 74.7 Å². The minimum atomic E-state index is 1.12. The predicted octanol–water partition coefficient (Wildman–Crippen LogP) is 14.3. The van der Waals surface area contributed by atoms with E-state index in [1.54, 1.807) is 0 Å². The van der Waals surface area contributed by atoms with Crippen molar-refractivity contribution in [2.75, 3.05) is 4.90 Å². The number of rotatable bonds is 5. The minimum Gasteiger partial charge on any atom is -0.310 e. The first-order valence-electron chi connectivity index (χ1n) is 17.1. The van der Waals surface area contributed by atoms with Crippen molar-refractivity contribution in [2.45, 2.75) is 0 Å². The number of nitrogens with zero attached hydrogens (tertiary/aromatic N) is 1. The van der Waals surface area contributed by atoms with Crippen molar-refractivity contribution in [1.82, 2.24) is 0 Å². The second-order valence-corrected chi connectivity index (χ2v) is 14.1. The molecule has 1 nitrogen and oxygen atoms in total. The highest BCUT2D eigenvalue weighted by Gasteiger charge is 2.19. The standard InChI is InChI=1S/C48H31NS/c1-2-11-34(12-3-1)45-30-41(31-47-48(45)43-16-8-9-17-46(43)50-47)49(40-27-24-36-20-19-35-13-6-7-15-42(35)44(36)29-40)39-25-22-33(23-26-39)38-21-18-32-10-4-5-14-37(32)28-38/h1-31H. The van der Waals surface area contributed by atoms with E-state index in [9.17, 15) is 0 Å². The summed E-state index contributed by atoms with van der Waals surface area (Å²) in [5.41, 5.74) is 8.28. The Morgan fingerprint density at radius 3 is 1.78 bits per heavy atom. The topological polar surface area (TPSA) is 3.24 Å². The van der Waals surface area contributed by atoms with E-state index in [0.717, 1.165) is 17.1 Å². The lowest BCUT2D eigenvalue weighted by Gasteiger charge is -2.27. The fourth-order valence-corrected chi connectivity index (χ4v) is 8.73. The zero-order valence-electron chi connectivity index (χ0n) is 27.3. The Labute approximate surface area is 294 Å². The fraction of sp³-hybridized carbons (Fsp3) is 0. The lowest BCUT2D eigenvalue weighted by molar-refractivity contribution is 1.30. The maximum Gasteiger partial charge on any atom is 0.0482 e. The van der Waals surface area contributed by atoms with Crippen molar-refractivity contribution in [3.63, 3.8) is 0 Å². The summed E-state index contributed by atoms with van der Waals surface area (Å²) in [6.45, 7) is 0. The SMILES string of the molecule is c1ccc(-c2cc(N(c3ccc(-c4ccc5ccccc5c4)cc3)c3ccc4ccc5ccccc5c4c3)cc3sc4ccccc4c23)cc1. The van der Waals surface area contributed by atoms with E-state index in [-0.39, 0.29) is 0 Å². The van der Waals surface area contributed by atoms with Crippen LogP contribution in [0.5, 0.6) is 0 Å². The highest BCUT2D eigenvalue weighted by atomic mass is 32.1. The largest absolute Gasteiger partial charge is 0.310 e. The number of benzene rings is 9. The summed E-state index contributed by atoms with van der Waals surface area (Å²) in [6, 6.07) is 68.8. The van der Waals surface area contributed by atoms with Crippen LogP contribution < -0.4 is 4.90 Å². The van der Waals surface area contributed by atoms with Gasteiger partial charge in [-0.25, -0.2) is 0 Å². The second-order valence-electron chi connectivity index (χ2n) is 13.0. The molecule has 2 heteroatoms. The molecular weight excluding hydrogens is 623 g/mol. The Balaban J connectivity index is 1.20. The normalized spacial score (nSPS) is 11.6. The number of thiophene rings is 1. The van der Waals surface area contributed by atoms with Crippen LogP contribution >= 0.6 is 11.3 Å². The number of hydrogen-bond donors (Lipinski definition) is 0. The predicted molar refractivity (Wildman–Crippen MR) is 217 cm³/mol. The monoisotopic (exact) mass is 653 g/mol. The van der Waals surface area contributed by atoms with E-state index >= 15 is 0 Å². The van der Waals surface area contributed by atoms with Crippen LogP contribution in [0.1, 0.15) is 0 Å². The molecule has 10 aromatic rings. The first-order chi connectivity index (χ1) is 24.8. The molecule has 0 fully saturated rings. The third-order valence-electron chi connectivity index (χ3n) is 10.0. The summed E-state index contributed by atoms with van der Waals surface area (Å²) in [5.74, 6) is 0. The molecule has 1 aromatic heterocycles. The van der Waals surface area contributed by atoms with Gasteiger partial charge in [0.25, 0.3) is 0 Å². The molecule has 0 radical (unpaired) electrons. The zero-order chi connectivity index (χ0) is 33.0. The maximum absolute atomic E-state index is 2.43. The van der Waals surface area contributed by atoms with E-state index in [1.807, 2.05) is 11.3 Å². The quantitative estimate of drug-likeness (QED) is 0.167. The van der Waals surface area contributed by atoms with Crippen LogP contribution in [0.4, 0.5) is 17.1 Å². The Hall–Kier alpha value is -6.22. The minimum absolute atomic E-state index is 1.12. The van der Waals surface area contributed by atoms with Gasteiger partial charge in [-0.05, 0) is 103 Å². The van der Waals surface area contributed by atoms with Gasteiger partial charge in [-0.1, -0.05) is 140 Å². The summed E-state index contributed by atoms with van der Waals surface area (Å²) in [6.07, 6.45) is 0. The van der Waals surface area contributed by atoms with Crippen LogP contribution in [0.2, 0.25) is 0 Å². The van der Waals surface area contributed by atoms with Gasteiger partial charge in [-0.3, -0.25) is 0 Å². The molecule has 0 N–H and O–H groups in total. The maximum atomic E-state index is 2.43. The van der Waals surface area contributed by atoms with Crippen molar-refractivity contribution in [1.29, 1.82) is 0 Å². The van der Waals surface area contributed by atoms with Crippen molar-refractivity contribution >= 4 is 80.9 Å². The van der Waals surface area contributed by atoms with E-state index in [0.29, 0.717) is 0 Å². The van der Waals surface area contributed by atoms with Gasteiger partial charge in [0.2, 0.25) is 0 Å². The molecule has 0 bridgehead atoms. The van der Waals surface area contributed by atoms with Crippen LogP contribution in [-0.2, 0) is 0 Å². The Morgan fingerprint density at radius 2 is 0.940 bits per heavy atom. The van der Waals surface area contributed by atoms with Crippen molar-refractivity contribution < 1.29 is 0 Å². The summed E-state index contributed by atoms with van der Waals surface area (Å²) < 4.78 is 2.59. The Bertz CT molecular complexity index is 2870. The lowest BCUT2D eigenvalue weighted by atomic mass is 9.97. The van der Waals surface area contributed by atoms with Gasteiger partial charge >= 0.3 is 0 Å². The fourth-order valence-electron chi connectivity index (χ4n) is 7.56. The highest BCUT2D eigenvalue weighted by Crippen LogP contribution is 2.46. The molecular formula is C48H31NS. The van der Waals surface area contributed by atoms with Gasteiger partial charge in [0.15, 0.2) is 0 Å². The van der Waals surface area contributed by atoms with Crippen LogP contribution in [0.25, 0.3) is 74.7 Å². The van der Waals surface area contributed by atoms with Gasteiger partial charge in [-0.2, -0.15) is 0 Å². The molecule has 50 heavy (non-hydrogen) atoms. The molecule has 9 aromatic carbocycles. The molecule has 0 saturated heterocycles. The van der Waals surface area contributed by atoms with Gasteiger partial charge in [0.05, 0.1) is 0 Å². The molecule has 0 atom stereocenters. The van der Waals surface area contributed by atoms with Crippen LogP contribution in [-0.4, -0.2) is 0 Å². The molecule has 0 saturated carbocycles. The average molecular weight is 654 g/mol. The van der Waals surface area contributed by atoms with Gasteiger partial charge in [-0.15, -0.1) is 11.3 Å². The van der Waals surface area contributed by atoms with Crippen LogP contribution in [0.15, 0.2) is 188 Å². The zero-order valence-corrected chi connectivity index (χ0v) is 28.1. The Kier molecular flexibility index (Phi) is 6.75. The van der Waals surface area contributed by atoms with Crippen LogP contribution in [0, 0.1) is 0 Å². The first-order valence-corrected chi connectivity index (χ1v) is 17.9. The molecule has 1 heterocycles.